The predicted octanol–water partition coefficient (Wildman–Crippen LogP) is 3.29. The van der Waals surface area contributed by atoms with Gasteiger partial charge in [-0.3, -0.25) is 14.7 Å². The van der Waals surface area contributed by atoms with Crippen LogP contribution in [0.2, 0.25) is 0 Å². The number of anilines is 1. The van der Waals surface area contributed by atoms with E-state index < -0.39 is 17.6 Å². The Morgan fingerprint density at radius 2 is 2.05 bits per heavy atom. The maximum Gasteiger partial charge on any atom is 0.416 e. The molecule has 192 valence electrons. The highest BCUT2D eigenvalue weighted by molar-refractivity contribution is 6.05. The molecule has 0 radical (unpaired) electrons. The normalized spacial score (nSPS) is 23.7. The third-order valence-electron chi connectivity index (χ3n) is 6.46. The van der Waals surface area contributed by atoms with Crippen LogP contribution in [-0.4, -0.2) is 64.8 Å². The fourth-order valence-corrected chi connectivity index (χ4v) is 4.43. The van der Waals surface area contributed by atoms with Gasteiger partial charge in [-0.1, -0.05) is 6.92 Å². The van der Waals surface area contributed by atoms with E-state index in [-0.39, 0.29) is 22.1 Å². The number of hydrogen-bond acceptors (Lipinski definition) is 7. The number of rotatable bonds is 5. The van der Waals surface area contributed by atoms with Crippen molar-refractivity contribution in [1.82, 2.24) is 9.88 Å². The second kappa shape index (κ2) is 9.63. The number of aromatic nitrogens is 1. The zero-order valence-corrected chi connectivity index (χ0v) is 19.9. The van der Waals surface area contributed by atoms with Crippen LogP contribution in [0.25, 0.3) is 0 Å². The van der Waals surface area contributed by atoms with Gasteiger partial charge in [-0.2, -0.15) is 24.0 Å². The average Bonchev–Trinajstić information content (AvgIpc) is 3.21. The maximum atomic E-state index is 13.0. The number of carbonyl (C=O) groups excluding carboxylic acids is 1. The summed E-state index contributed by atoms with van der Waals surface area (Å²) in [7, 11) is 0. The lowest BCUT2D eigenvalue weighted by molar-refractivity contribution is -0.750. The lowest BCUT2D eigenvalue weighted by Crippen LogP contribution is -2.53. The summed E-state index contributed by atoms with van der Waals surface area (Å²) in [4.78, 5) is 27.9. The van der Waals surface area contributed by atoms with E-state index in [1.54, 1.807) is 42.9 Å². The van der Waals surface area contributed by atoms with Gasteiger partial charge < -0.3 is 10.1 Å². The number of benzene rings is 1. The van der Waals surface area contributed by atoms with Crippen LogP contribution in [0.1, 0.15) is 28.4 Å². The van der Waals surface area contributed by atoms with E-state index in [9.17, 15) is 18.0 Å². The van der Waals surface area contributed by atoms with Crippen molar-refractivity contribution in [1.29, 1.82) is 0 Å². The van der Waals surface area contributed by atoms with Crippen molar-refractivity contribution in [2.24, 2.45) is 15.8 Å². The van der Waals surface area contributed by atoms with Crippen LogP contribution < -0.4 is 11.2 Å². The molecule has 1 fully saturated rings. The van der Waals surface area contributed by atoms with Crippen LogP contribution in [0.4, 0.5) is 19.0 Å². The Hall–Kier alpha value is -3.71. The number of amides is 1. The molecule has 3 aliphatic heterocycles. The number of pyridine rings is 1. The molecule has 5 rings (SSSR count). The Kier molecular flexibility index (Phi) is 6.50. The van der Waals surface area contributed by atoms with Crippen LogP contribution in [0.3, 0.4) is 0 Å². The molecule has 1 aromatic carbocycles. The molecule has 0 aliphatic carbocycles. The number of amidine groups is 1. The summed E-state index contributed by atoms with van der Waals surface area (Å²) in [5.74, 6) is 6.53. The number of alkyl halides is 3. The summed E-state index contributed by atoms with van der Waals surface area (Å²) in [6, 6.07) is 8.13. The summed E-state index contributed by atoms with van der Waals surface area (Å²) in [6.07, 6.45) is 1.21. The van der Waals surface area contributed by atoms with Gasteiger partial charge in [-0.05, 0) is 42.9 Å². The van der Waals surface area contributed by atoms with Gasteiger partial charge in [-0.25, -0.2) is 4.98 Å². The number of halogens is 3. The van der Waals surface area contributed by atoms with Gasteiger partial charge in [0.25, 0.3) is 11.7 Å². The number of allylic oxidation sites excluding steroid dienone is 1. The van der Waals surface area contributed by atoms with Gasteiger partial charge in [0, 0.05) is 24.8 Å². The number of morpholine rings is 1. The summed E-state index contributed by atoms with van der Waals surface area (Å²) >= 11 is 0. The fraction of sp³-hybridized carbons (Fsp3) is 0.280. The number of aliphatic imine (C=N–C) groups is 2. The van der Waals surface area contributed by atoms with Crippen molar-refractivity contribution in [3.8, 4) is 0 Å². The van der Waals surface area contributed by atoms with Crippen molar-refractivity contribution in [2.45, 2.75) is 19.2 Å². The Bertz CT molecular complexity index is 1330. The first-order valence-electron chi connectivity index (χ1n) is 11.7. The Morgan fingerprint density at radius 3 is 2.78 bits per heavy atom. The average molecular weight is 513 g/mol. The minimum Gasteiger partial charge on any atom is -0.369 e. The molecule has 4 heterocycles. The van der Waals surface area contributed by atoms with Gasteiger partial charge in [0.2, 0.25) is 5.70 Å². The summed E-state index contributed by atoms with van der Waals surface area (Å²) in [5, 5.41) is 2.41. The van der Waals surface area contributed by atoms with E-state index in [1.165, 1.54) is 0 Å². The van der Waals surface area contributed by atoms with Gasteiger partial charge in [0.1, 0.15) is 23.8 Å². The van der Waals surface area contributed by atoms with Crippen LogP contribution in [0.15, 0.2) is 76.4 Å². The summed E-state index contributed by atoms with van der Waals surface area (Å²) in [6.45, 7) is 5.12. The second-order valence-corrected chi connectivity index (χ2v) is 8.77. The molecule has 37 heavy (non-hydrogen) atoms. The molecule has 1 unspecified atom stereocenters. The maximum absolute atomic E-state index is 13.0. The lowest BCUT2D eigenvalue weighted by Gasteiger charge is -2.32. The molecule has 3 N–H and O–H groups in total. The molecule has 1 aromatic heterocycles. The first kappa shape index (κ1) is 25.0. The van der Waals surface area contributed by atoms with Crippen molar-refractivity contribution >= 4 is 23.8 Å². The molecule has 0 spiro atoms. The van der Waals surface area contributed by atoms with E-state index in [4.69, 9.17) is 15.6 Å². The van der Waals surface area contributed by atoms with Crippen molar-refractivity contribution in [3.05, 3.63) is 83.1 Å². The Morgan fingerprint density at radius 1 is 1.27 bits per heavy atom. The van der Waals surface area contributed by atoms with Crippen LogP contribution in [0.5, 0.6) is 0 Å². The molecular weight excluding hydrogens is 487 g/mol. The smallest absolute Gasteiger partial charge is 0.369 e. The molecule has 0 bridgehead atoms. The lowest BCUT2D eigenvalue weighted by atomic mass is 10.1. The molecule has 1 saturated heterocycles. The molecule has 0 saturated carbocycles. The Labute approximate surface area is 211 Å². The van der Waals surface area contributed by atoms with Crippen LogP contribution in [-0.2, 0) is 10.9 Å². The molecule has 2 aromatic rings. The number of ether oxygens (including phenoxy) is 1. The van der Waals surface area contributed by atoms with Crippen molar-refractivity contribution in [2.75, 3.05) is 31.6 Å². The summed E-state index contributed by atoms with van der Waals surface area (Å²) < 4.78 is 44.7. The van der Waals surface area contributed by atoms with E-state index in [0.717, 1.165) is 31.4 Å². The highest BCUT2D eigenvalue weighted by atomic mass is 19.4. The first-order chi connectivity index (χ1) is 17.7. The number of carbonyl (C=O) groups is 1. The fourth-order valence-electron chi connectivity index (χ4n) is 4.43. The number of nitrogens with zero attached hydrogens (tertiary/aromatic N) is 5. The SMILES string of the molecule is CCN1CCO[C@@H](C2=C3C=NC=C[N+]3(N)C(c3ccc(C(=O)Nc4cc(C(F)(F)F)ccn4)cc3)=N2)C1. The predicted molar refractivity (Wildman–Crippen MR) is 131 cm³/mol. The number of quaternary nitrogens is 1. The van der Waals surface area contributed by atoms with E-state index in [1.807, 2.05) is 0 Å². The molecule has 9 nitrogen and oxygen atoms in total. The van der Waals surface area contributed by atoms with Gasteiger partial charge in [0.15, 0.2) is 0 Å². The second-order valence-electron chi connectivity index (χ2n) is 8.77. The van der Waals surface area contributed by atoms with Gasteiger partial charge in [-0.15, -0.1) is 4.59 Å². The summed E-state index contributed by atoms with van der Waals surface area (Å²) in [5.41, 5.74) is 1.43. The number of nitrogens with one attached hydrogen (secondary N) is 1. The minimum absolute atomic E-state index is 0.190. The third kappa shape index (κ3) is 4.83. The monoisotopic (exact) mass is 512 g/mol. The van der Waals surface area contributed by atoms with Crippen molar-refractivity contribution < 1.29 is 27.3 Å². The number of fused-ring (bicyclic) bond motifs is 1. The minimum atomic E-state index is -4.54. The standard InChI is InChI=1S/C25H24F3N7O2/c1-2-34-10-12-37-20(15-34)22-19-14-30-9-11-35(19,29)23(33-22)16-3-5-17(6-4-16)24(36)32-21-13-18(7-8-31-21)25(26,27)28/h3-9,11,13-14,20H,2,10,12,15,29H2,1H3/p+1/t20-,35?/m1/s1. The molecule has 1 amide bonds. The number of likely N-dealkylation sites (N-methyl/N-ethyl adjacent to an activating group) is 1. The molecule has 3 aliphatic rings. The van der Waals surface area contributed by atoms with E-state index in [0.29, 0.717) is 35.9 Å². The highest BCUT2D eigenvalue weighted by Crippen LogP contribution is 2.34. The zero-order valence-electron chi connectivity index (χ0n) is 19.9. The Balaban J connectivity index is 1.38. The first-order valence-corrected chi connectivity index (χ1v) is 11.7. The largest absolute Gasteiger partial charge is 0.416 e. The van der Waals surface area contributed by atoms with Crippen LogP contribution >= 0.6 is 0 Å². The number of hydrogen-bond donors (Lipinski definition) is 2. The van der Waals surface area contributed by atoms with Crippen LogP contribution in [0, 0.1) is 0 Å². The van der Waals surface area contributed by atoms with Gasteiger partial charge >= 0.3 is 6.18 Å². The van der Waals surface area contributed by atoms with E-state index in [2.05, 4.69) is 27.1 Å². The van der Waals surface area contributed by atoms with E-state index >= 15 is 0 Å². The third-order valence-corrected chi connectivity index (χ3v) is 6.46. The molecule has 12 heteroatoms. The quantitative estimate of drug-likeness (QED) is 0.473. The van der Waals surface area contributed by atoms with Crippen molar-refractivity contribution in [3.63, 3.8) is 0 Å². The molecule has 2 atom stereocenters. The molecular formula is C25H25F3N7O2+. The zero-order chi connectivity index (χ0) is 26.2. The number of nitrogens with two attached hydrogens (primary N) is 1. The highest BCUT2D eigenvalue weighted by Gasteiger charge is 2.46. The topological polar surface area (TPSA) is 105 Å². The van der Waals surface area contributed by atoms with Gasteiger partial charge in [0.05, 0.1) is 30.1 Å².